The molecule has 0 saturated carbocycles. The summed E-state index contributed by atoms with van der Waals surface area (Å²) in [6.07, 6.45) is -4.52. The van der Waals surface area contributed by atoms with Gasteiger partial charge in [0.15, 0.2) is 5.05 Å². The number of nitro benzene ring substituents is 1. The minimum Gasteiger partial charge on any atom is -0.487 e. The third-order valence-electron chi connectivity index (χ3n) is 3.37. The van der Waals surface area contributed by atoms with E-state index >= 15 is 0 Å². The summed E-state index contributed by atoms with van der Waals surface area (Å²) in [5.74, 6) is 0.147. The van der Waals surface area contributed by atoms with Crippen LogP contribution in [0.15, 0.2) is 36.4 Å². The second-order valence-electron chi connectivity index (χ2n) is 5.27. The summed E-state index contributed by atoms with van der Waals surface area (Å²) in [7, 11) is 0. The zero-order valence-electron chi connectivity index (χ0n) is 13.9. The standard InChI is InChI=1S/C17H13ClF3NO4S/c1-2-25-16(27)8-10-7-12(4-5-14(10)22(23)24)26-15-6-3-11(9-13(15)18)17(19,20)21/h3-7,9H,2,8H2,1H3. The van der Waals surface area contributed by atoms with Gasteiger partial charge in [-0.05, 0) is 49.5 Å². The lowest BCUT2D eigenvalue weighted by molar-refractivity contribution is -0.385. The van der Waals surface area contributed by atoms with Crippen molar-refractivity contribution in [2.45, 2.75) is 19.5 Å². The first-order chi connectivity index (χ1) is 12.6. The SMILES string of the molecule is CCOC(=S)Cc1cc(Oc2ccc(C(F)(F)F)cc2Cl)ccc1[N+](=O)[O-]. The number of nitro groups is 1. The Morgan fingerprint density at radius 1 is 1.26 bits per heavy atom. The molecule has 10 heteroatoms. The van der Waals surface area contributed by atoms with E-state index in [0.717, 1.165) is 18.2 Å². The third-order valence-corrected chi connectivity index (χ3v) is 3.93. The van der Waals surface area contributed by atoms with Gasteiger partial charge in [-0.15, -0.1) is 0 Å². The minimum absolute atomic E-state index is 0.0113. The molecule has 0 aromatic heterocycles. The average Bonchev–Trinajstić information content (AvgIpc) is 2.56. The lowest BCUT2D eigenvalue weighted by Crippen LogP contribution is -2.07. The highest BCUT2D eigenvalue weighted by atomic mass is 35.5. The number of benzene rings is 2. The van der Waals surface area contributed by atoms with Crippen LogP contribution in [0.2, 0.25) is 5.02 Å². The molecule has 0 aliphatic rings. The van der Waals surface area contributed by atoms with Crippen molar-refractivity contribution in [3.63, 3.8) is 0 Å². The molecule has 2 rings (SSSR count). The Labute approximate surface area is 162 Å². The molecule has 0 fully saturated rings. The number of thiocarbonyl (C=S) groups is 1. The van der Waals surface area contributed by atoms with Crippen LogP contribution in [0.1, 0.15) is 18.1 Å². The van der Waals surface area contributed by atoms with E-state index in [1.165, 1.54) is 18.2 Å². The number of ether oxygens (including phenoxy) is 2. The molecule has 0 aliphatic heterocycles. The topological polar surface area (TPSA) is 61.6 Å². The highest BCUT2D eigenvalue weighted by Crippen LogP contribution is 2.37. The predicted molar refractivity (Wildman–Crippen MR) is 97.6 cm³/mol. The van der Waals surface area contributed by atoms with Crippen LogP contribution in [0.3, 0.4) is 0 Å². The van der Waals surface area contributed by atoms with Gasteiger partial charge < -0.3 is 9.47 Å². The van der Waals surface area contributed by atoms with Crippen LogP contribution >= 0.6 is 23.8 Å². The smallest absolute Gasteiger partial charge is 0.416 e. The summed E-state index contributed by atoms with van der Waals surface area (Å²) in [5, 5.41) is 11.1. The Balaban J connectivity index is 2.31. The Morgan fingerprint density at radius 3 is 2.52 bits per heavy atom. The van der Waals surface area contributed by atoms with E-state index in [9.17, 15) is 23.3 Å². The molecule has 2 aromatic rings. The van der Waals surface area contributed by atoms with Gasteiger partial charge in [0.1, 0.15) is 11.5 Å². The molecule has 0 heterocycles. The summed E-state index contributed by atoms with van der Waals surface area (Å²) >= 11 is 10.9. The van der Waals surface area contributed by atoms with Crippen molar-refractivity contribution < 1.29 is 27.6 Å². The number of rotatable bonds is 6. The number of halogens is 4. The Bertz CT molecular complexity index is 874. The van der Waals surface area contributed by atoms with Crippen LogP contribution < -0.4 is 4.74 Å². The van der Waals surface area contributed by atoms with Gasteiger partial charge in [-0.1, -0.05) is 11.6 Å². The Hall–Kier alpha value is -2.39. The monoisotopic (exact) mass is 419 g/mol. The fourth-order valence-electron chi connectivity index (χ4n) is 2.20. The number of alkyl halides is 3. The molecule has 0 unspecified atom stereocenters. The normalized spacial score (nSPS) is 11.1. The van der Waals surface area contributed by atoms with Crippen molar-refractivity contribution in [1.82, 2.24) is 0 Å². The minimum atomic E-state index is -4.53. The Morgan fingerprint density at radius 2 is 1.96 bits per heavy atom. The largest absolute Gasteiger partial charge is 0.487 e. The summed E-state index contributed by atoms with van der Waals surface area (Å²) in [6, 6.07) is 6.57. The highest BCUT2D eigenvalue weighted by molar-refractivity contribution is 7.80. The second-order valence-corrected chi connectivity index (χ2v) is 6.14. The van der Waals surface area contributed by atoms with Gasteiger partial charge in [0.2, 0.25) is 0 Å². The van der Waals surface area contributed by atoms with Crippen LogP contribution in [0.25, 0.3) is 0 Å². The van der Waals surface area contributed by atoms with Crippen molar-refractivity contribution in [1.29, 1.82) is 0 Å². The van der Waals surface area contributed by atoms with Crippen molar-refractivity contribution in [3.8, 4) is 11.5 Å². The highest BCUT2D eigenvalue weighted by Gasteiger charge is 2.31. The molecule has 0 aliphatic carbocycles. The fraction of sp³-hybridized carbons (Fsp3) is 0.235. The molecule has 144 valence electrons. The van der Waals surface area contributed by atoms with E-state index in [1.807, 2.05) is 0 Å². The fourth-order valence-corrected chi connectivity index (χ4v) is 2.69. The second kappa shape index (κ2) is 8.53. The predicted octanol–water partition coefficient (Wildman–Crippen LogP) is 5.97. The van der Waals surface area contributed by atoms with E-state index in [0.29, 0.717) is 6.61 Å². The average molecular weight is 420 g/mol. The zero-order valence-corrected chi connectivity index (χ0v) is 15.5. The molecule has 0 bridgehead atoms. The summed E-state index contributed by atoms with van der Waals surface area (Å²) in [5.41, 5.74) is -0.840. The van der Waals surface area contributed by atoms with Crippen LogP contribution in [0, 0.1) is 10.1 Å². The van der Waals surface area contributed by atoms with Gasteiger partial charge in [-0.25, -0.2) is 0 Å². The summed E-state index contributed by atoms with van der Waals surface area (Å²) in [4.78, 5) is 10.6. The molecule has 0 N–H and O–H groups in total. The number of hydrogen-bond acceptors (Lipinski definition) is 5. The summed E-state index contributed by atoms with van der Waals surface area (Å²) < 4.78 is 48.7. The van der Waals surface area contributed by atoms with Crippen LogP contribution in [-0.4, -0.2) is 16.6 Å². The van der Waals surface area contributed by atoms with Crippen LogP contribution in [0.4, 0.5) is 18.9 Å². The van der Waals surface area contributed by atoms with E-state index in [2.05, 4.69) is 0 Å². The molecule has 2 aromatic carbocycles. The maximum Gasteiger partial charge on any atom is 0.416 e. The number of hydrogen-bond donors (Lipinski definition) is 0. The maximum absolute atomic E-state index is 12.7. The zero-order chi connectivity index (χ0) is 20.2. The van der Waals surface area contributed by atoms with Gasteiger partial charge in [0, 0.05) is 18.1 Å². The summed E-state index contributed by atoms with van der Waals surface area (Å²) in [6.45, 7) is 2.05. The van der Waals surface area contributed by atoms with Crippen molar-refractivity contribution in [2.24, 2.45) is 0 Å². The molecule has 0 saturated heterocycles. The van der Waals surface area contributed by atoms with Crippen LogP contribution in [-0.2, 0) is 17.3 Å². The molecule has 5 nitrogen and oxygen atoms in total. The van der Waals surface area contributed by atoms with Gasteiger partial charge in [0.05, 0.1) is 22.1 Å². The molecular formula is C17H13ClF3NO4S. The van der Waals surface area contributed by atoms with E-state index in [4.69, 9.17) is 33.3 Å². The Kier molecular flexibility index (Phi) is 6.61. The van der Waals surface area contributed by atoms with Crippen LogP contribution in [0.5, 0.6) is 11.5 Å². The van der Waals surface area contributed by atoms with E-state index < -0.39 is 16.7 Å². The first kappa shape index (κ1) is 20.9. The molecule has 0 atom stereocenters. The molecule has 0 radical (unpaired) electrons. The van der Waals surface area contributed by atoms with E-state index in [-0.39, 0.29) is 39.2 Å². The van der Waals surface area contributed by atoms with Gasteiger partial charge in [0.25, 0.3) is 5.69 Å². The maximum atomic E-state index is 12.7. The first-order valence-electron chi connectivity index (χ1n) is 7.59. The third kappa shape index (κ3) is 5.54. The van der Waals surface area contributed by atoms with Gasteiger partial charge in [-0.3, -0.25) is 10.1 Å². The van der Waals surface area contributed by atoms with Crippen molar-refractivity contribution >= 4 is 34.6 Å². The quantitative estimate of drug-likeness (QED) is 0.328. The van der Waals surface area contributed by atoms with E-state index in [1.54, 1.807) is 6.92 Å². The van der Waals surface area contributed by atoms with Crippen molar-refractivity contribution in [2.75, 3.05) is 6.61 Å². The number of nitrogens with zero attached hydrogens (tertiary/aromatic N) is 1. The van der Waals surface area contributed by atoms with Gasteiger partial charge >= 0.3 is 6.18 Å². The lowest BCUT2D eigenvalue weighted by Gasteiger charge is -2.12. The molecular weight excluding hydrogens is 407 g/mol. The van der Waals surface area contributed by atoms with Crippen molar-refractivity contribution in [3.05, 3.63) is 62.7 Å². The van der Waals surface area contributed by atoms with Gasteiger partial charge in [-0.2, -0.15) is 13.2 Å². The first-order valence-corrected chi connectivity index (χ1v) is 8.38. The molecule has 0 amide bonds. The molecule has 0 spiro atoms. The lowest BCUT2D eigenvalue weighted by atomic mass is 10.1. The molecule has 27 heavy (non-hydrogen) atoms.